The Morgan fingerprint density at radius 3 is 3.00 bits per heavy atom. The normalized spacial score (nSPS) is 10.2. The number of nitrogens with zero attached hydrogens (tertiary/aromatic N) is 3. The van der Waals surface area contributed by atoms with Gasteiger partial charge in [0.1, 0.15) is 18.7 Å². The van der Waals surface area contributed by atoms with Crippen molar-refractivity contribution in [2.75, 3.05) is 0 Å². The van der Waals surface area contributed by atoms with Crippen molar-refractivity contribution in [2.24, 2.45) is 7.05 Å². The molecule has 1 heterocycles. The molecule has 88 valence electrons. The summed E-state index contributed by atoms with van der Waals surface area (Å²) in [5.74, 6) is 1.16. The number of hydrogen-bond donors (Lipinski definition) is 0. The van der Waals surface area contributed by atoms with E-state index in [1.165, 1.54) is 6.33 Å². The van der Waals surface area contributed by atoms with Crippen molar-refractivity contribution in [3.8, 4) is 5.75 Å². The van der Waals surface area contributed by atoms with Gasteiger partial charge in [-0.15, -0.1) is 0 Å². The van der Waals surface area contributed by atoms with E-state index < -0.39 is 0 Å². The quantitative estimate of drug-likeness (QED) is 0.779. The largest absolute Gasteiger partial charge is 0.485 e. The van der Waals surface area contributed by atoms with Crippen LogP contribution in [0.25, 0.3) is 0 Å². The van der Waals surface area contributed by atoms with E-state index in [-0.39, 0.29) is 6.61 Å². The Morgan fingerprint density at radius 1 is 1.53 bits per heavy atom. The van der Waals surface area contributed by atoms with E-state index in [0.717, 1.165) is 0 Å². The van der Waals surface area contributed by atoms with Crippen LogP contribution in [-0.2, 0) is 13.7 Å². The maximum absolute atomic E-state index is 10.8. The molecule has 0 atom stereocenters. The van der Waals surface area contributed by atoms with Crippen LogP contribution in [0.4, 0.5) is 0 Å². The van der Waals surface area contributed by atoms with Gasteiger partial charge >= 0.3 is 0 Å². The number of aldehydes is 1. The third-order valence-corrected chi connectivity index (χ3v) is 2.50. The SMILES string of the molecule is Cn1ncnc1COc1ccc(Cl)cc1C=O. The molecule has 0 unspecified atom stereocenters. The monoisotopic (exact) mass is 251 g/mol. The lowest BCUT2D eigenvalue weighted by molar-refractivity contribution is 0.111. The Hall–Kier alpha value is -1.88. The molecule has 0 radical (unpaired) electrons. The van der Waals surface area contributed by atoms with Crippen LogP contribution in [0.3, 0.4) is 0 Å². The predicted octanol–water partition coefficient (Wildman–Crippen LogP) is 1.86. The Morgan fingerprint density at radius 2 is 2.35 bits per heavy atom. The van der Waals surface area contributed by atoms with Gasteiger partial charge < -0.3 is 4.74 Å². The van der Waals surface area contributed by atoms with Gasteiger partial charge in [-0.2, -0.15) is 5.10 Å². The highest BCUT2D eigenvalue weighted by Crippen LogP contribution is 2.21. The van der Waals surface area contributed by atoms with Gasteiger partial charge in [-0.05, 0) is 18.2 Å². The molecule has 17 heavy (non-hydrogen) atoms. The third kappa shape index (κ3) is 2.62. The first-order valence-electron chi connectivity index (χ1n) is 4.91. The van der Waals surface area contributed by atoms with Gasteiger partial charge in [0.2, 0.25) is 0 Å². The molecule has 1 aromatic heterocycles. The molecule has 0 aliphatic heterocycles. The minimum Gasteiger partial charge on any atom is -0.485 e. The second-order valence-electron chi connectivity index (χ2n) is 3.39. The predicted molar refractivity (Wildman–Crippen MR) is 62.2 cm³/mol. The van der Waals surface area contributed by atoms with E-state index in [1.54, 1.807) is 29.9 Å². The van der Waals surface area contributed by atoms with E-state index in [1.807, 2.05) is 0 Å². The molecular formula is C11H10ClN3O2. The molecule has 0 bridgehead atoms. The smallest absolute Gasteiger partial charge is 0.164 e. The van der Waals surface area contributed by atoms with Crippen molar-refractivity contribution in [1.29, 1.82) is 0 Å². The Kier molecular flexibility index (Phi) is 3.39. The lowest BCUT2D eigenvalue weighted by Gasteiger charge is -2.07. The fourth-order valence-electron chi connectivity index (χ4n) is 1.34. The maximum Gasteiger partial charge on any atom is 0.164 e. The number of hydrogen-bond acceptors (Lipinski definition) is 4. The molecule has 0 N–H and O–H groups in total. The molecule has 0 saturated heterocycles. The minimum atomic E-state index is 0.249. The number of carbonyl (C=O) groups is 1. The highest BCUT2D eigenvalue weighted by molar-refractivity contribution is 6.30. The van der Waals surface area contributed by atoms with Crippen molar-refractivity contribution >= 4 is 17.9 Å². The number of rotatable bonds is 4. The fraction of sp³-hybridized carbons (Fsp3) is 0.182. The van der Waals surface area contributed by atoms with E-state index in [0.29, 0.717) is 28.4 Å². The van der Waals surface area contributed by atoms with E-state index in [9.17, 15) is 4.79 Å². The lowest BCUT2D eigenvalue weighted by Crippen LogP contribution is -2.05. The molecule has 2 aromatic rings. The number of carbonyl (C=O) groups excluding carboxylic acids is 1. The number of aromatic nitrogens is 3. The van der Waals surface area contributed by atoms with Crippen LogP contribution in [0.15, 0.2) is 24.5 Å². The topological polar surface area (TPSA) is 57.0 Å². The Labute approximate surface area is 103 Å². The summed E-state index contributed by atoms with van der Waals surface area (Å²) < 4.78 is 7.10. The zero-order valence-corrected chi connectivity index (χ0v) is 9.89. The number of aryl methyl sites for hydroxylation is 1. The number of halogens is 1. The van der Waals surface area contributed by atoms with E-state index in [2.05, 4.69) is 10.1 Å². The molecule has 0 saturated carbocycles. The zero-order chi connectivity index (χ0) is 12.3. The van der Waals surface area contributed by atoms with Gasteiger partial charge in [0.05, 0.1) is 5.56 Å². The molecule has 1 aromatic carbocycles. The molecular weight excluding hydrogens is 242 g/mol. The summed E-state index contributed by atoms with van der Waals surface area (Å²) in [6.45, 7) is 0.249. The second kappa shape index (κ2) is 4.97. The van der Waals surface area contributed by atoms with Gasteiger partial charge in [-0.3, -0.25) is 9.48 Å². The molecule has 0 fully saturated rings. The van der Waals surface area contributed by atoms with Crippen molar-refractivity contribution in [2.45, 2.75) is 6.61 Å². The molecule has 0 aliphatic carbocycles. The summed E-state index contributed by atoms with van der Waals surface area (Å²) >= 11 is 5.78. The van der Waals surface area contributed by atoms with Crippen molar-refractivity contribution in [3.05, 3.63) is 40.9 Å². The Bertz CT molecular complexity index is 539. The summed E-state index contributed by atoms with van der Waals surface area (Å²) in [5, 5.41) is 4.42. The maximum atomic E-state index is 10.8. The second-order valence-corrected chi connectivity index (χ2v) is 3.82. The summed E-state index contributed by atoms with van der Waals surface area (Å²) in [6, 6.07) is 4.88. The summed E-state index contributed by atoms with van der Waals surface area (Å²) in [7, 11) is 1.77. The highest BCUT2D eigenvalue weighted by atomic mass is 35.5. The average molecular weight is 252 g/mol. The zero-order valence-electron chi connectivity index (χ0n) is 9.13. The van der Waals surface area contributed by atoms with Crippen LogP contribution in [0, 0.1) is 0 Å². The Balaban J connectivity index is 2.14. The fourth-order valence-corrected chi connectivity index (χ4v) is 1.52. The highest BCUT2D eigenvalue weighted by Gasteiger charge is 2.06. The van der Waals surface area contributed by atoms with Gasteiger partial charge in [-0.25, -0.2) is 4.98 Å². The van der Waals surface area contributed by atoms with Gasteiger partial charge in [0.15, 0.2) is 12.1 Å². The van der Waals surface area contributed by atoms with Gasteiger partial charge in [0.25, 0.3) is 0 Å². The molecule has 6 heteroatoms. The number of ether oxygens (including phenoxy) is 1. The number of benzene rings is 1. The summed E-state index contributed by atoms with van der Waals surface area (Å²) in [5.41, 5.74) is 0.416. The lowest BCUT2D eigenvalue weighted by atomic mass is 10.2. The van der Waals surface area contributed by atoms with Crippen LogP contribution in [-0.4, -0.2) is 21.1 Å². The van der Waals surface area contributed by atoms with Crippen LogP contribution >= 0.6 is 11.6 Å². The minimum absolute atomic E-state index is 0.249. The molecule has 5 nitrogen and oxygen atoms in total. The van der Waals surface area contributed by atoms with Crippen LogP contribution < -0.4 is 4.74 Å². The standard InChI is InChI=1S/C11H10ClN3O2/c1-15-11(13-7-14-15)6-17-10-3-2-9(12)4-8(10)5-16/h2-5,7H,6H2,1H3. The van der Waals surface area contributed by atoms with Crippen molar-refractivity contribution in [1.82, 2.24) is 14.8 Å². The van der Waals surface area contributed by atoms with Crippen LogP contribution in [0.5, 0.6) is 5.75 Å². The molecule has 0 amide bonds. The first-order valence-corrected chi connectivity index (χ1v) is 5.29. The first-order chi connectivity index (χ1) is 8.20. The molecule has 0 aliphatic rings. The first kappa shape index (κ1) is 11.6. The summed E-state index contributed by atoms with van der Waals surface area (Å²) in [4.78, 5) is 14.9. The summed E-state index contributed by atoms with van der Waals surface area (Å²) in [6.07, 6.45) is 2.15. The van der Waals surface area contributed by atoms with Crippen molar-refractivity contribution < 1.29 is 9.53 Å². The average Bonchev–Trinajstić information content (AvgIpc) is 2.73. The molecule has 2 rings (SSSR count). The van der Waals surface area contributed by atoms with E-state index >= 15 is 0 Å². The van der Waals surface area contributed by atoms with Crippen LogP contribution in [0.1, 0.15) is 16.2 Å². The molecule has 0 spiro atoms. The van der Waals surface area contributed by atoms with Crippen LogP contribution in [0.2, 0.25) is 5.02 Å². The third-order valence-electron chi connectivity index (χ3n) is 2.26. The van der Waals surface area contributed by atoms with Gasteiger partial charge in [0, 0.05) is 12.1 Å². The van der Waals surface area contributed by atoms with Crippen molar-refractivity contribution in [3.63, 3.8) is 0 Å². The van der Waals surface area contributed by atoms with Gasteiger partial charge in [-0.1, -0.05) is 11.6 Å². The van der Waals surface area contributed by atoms with E-state index in [4.69, 9.17) is 16.3 Å².